The molecule has 1 amide bonds. The molecule has 0 aliphatic carbocycles. The minimum atomic E-state index is -1.07. The third kappa shape index (κ3) is 2.99. The van der Waals surface area contributed by atoms with Gasteiger partial charge >= 0.3 is 0 Å². The molecular formula is C10H11F2NO2. The van der Waals surface area contributed by atoms with Crippen molar-refractivity contribution in [1.82, 2.24) is 5.32 Å². The van der Waals surface area contributed by atoms with E-state index in [1.54, 1.807) is 6.92 Å². The van der Waals surface area contributed by atoms with Gasteiger partial charge in [0.05, 0.1) is 6.61 Å². The number of amides is 1. The molecule has 5 heteroatoms. The van der Waals surface area contributed by atoms with Crippen LogP contribution in [0.5, 0.6) is 0 Å². The Kier molecular flexibility index (Phi) is 3.74. The molecule has 82 valence electrons. The number of rotatable bonds is 3. The summed E-state index contributed by atoms with van der Waals surface area (Å²) >= 11 is 0. The number of aliphatic hydroxyl groups is 1. The normalized spacial score (nSPS) is 12.3. The molecule has 1 aromatic carbocycles. The molecule has 2 N–H and O–H groups in total. The maximum atomic E-state index is 12.8. The van der Waals surface area contributed by atoms with E-state index < -0.39 is 23.6 Å². The van der Waals surface area contributed by atoms with Crippen molar-refractivity contribution in [3.05, 3.63) is 35.4 Å². The molecule has 0 radical (unpaired) electrons. The van der Waals surface area contributed by atoms with E-state index in [1.807, 2.05) is 0 Å². The molecule has 1 aromatic rings. The van der Waals surface area contributed by atoms with E-state index in [2.05, 4.69) is 5.32 Å². The Labute approximate surface area is 85.7 Å². The number of nitrogens with one attached hydrogen (secondary N) is 1. The van der Waals surface area contributed by atoms with Crippen molar-refractivity contribution in [2.75, 3.05) is 6.61 Å². The molecule has 0 saturated heterocycles. The Bertz CT molecular complexity index is 368. The van der Waals surface area contributed by atoms with E-state index in [4.69, 9.17) is 5.11 Å². The highest BCUT2D eigenvalue weighted by Crippen LogP contribution is 2.08. The maximum absolute atomic E-state index is 12.8. The Morgan fingerprint density at radius 3 is 2.67 bits per heavy atom. The number of aliphatic hydroxyl groups excluding tert-OH is 1. The molecule has 0 spiro atoms. The zero-order valence-corrected chi connectivity index (χ0v) is 8.13. The largest absolute Gasteiger partial charge is 0.394 e. The molecular weight excluding hydrogens is 204 g/mol. The average Bonchev–Trinajstić information content (AvgIpc) is 2.21. The first-order valence-corrected chi connectivity index (χ1v) is 4.41. The van der Waals surface area contributed by atoms with Gasteiger partial charge in [-0.2, -0.15) is 0 Å². The average molecular weight is 215 g/mol. The minimum Gasteiger partial charge on any atom is -0.394 e. The number of hydrogen-bond acceptors (Lipinski definition) is 2. The van der Waals surface area contributed by atoms with Crippen LogP contribution in [0.15, 0.2) is 18.2 Å². The zero-order valence-electron chi connectivity index (χ0n) is 8.13. The Balaban J connectivity index is 2.78. The predicted octanol–water partition coefficient (Wildman–Crippen LogP) is 1.08. The second-order valence-electron chi connectivity index (χ2n) is 3.19. The molecule has 0 saturated carbocycles. The van der Waals surface area contributed by atoms with Gasteiger partial charge in [-0.15, -0.1) is 0 Å². The lowest BCUT2D eigenvalue weighted by Gasteiger charge is -2.10. The van der Waals surface area contributed by atoms with Crippen LogP contribution in [0.2, 0.25) is 0 Å². The monoisotopic (exact) mass is 215 g/mol. The number of benzene rings is 1. The molecule has 0 bridgehead atoms. The smallest absolute Gasteiger partial charge is 0.251 e. The van der Waals surface area contributed by atoms with Gasteiger partial charge in [0.25, 0.3) is 5.91 Å². The molecule has 0 heterocycles. The van der Waals surface area contributed by atoms with Crippen LogP contribution in [-0.2, 0) is 0 Å². The third-order valence-electron chi connectivity index (χ3n) is 1.83. The highest BCUT2D eigenvalue weighted by Gasteiger charge is 2.11. The molecule has 15 heavy (non-hydrogen) atoms. The number of carbonyl (C=O) groups is 1. The van der Waals surface area contributed by atoms with E-state index in [1.165, 1.54) is 6.07 Å². The van der Waals surface area contributed by atoms with E-state index in [9.17, 15) is 13.6 Å². The van der Waals surface area contributed by atoms with Gasteiger partial charge in [0, 0.05) is 11.6 Å². The Morgan fingerprint density at radius 2 is 2.13 bits per heavy atom. The van der Waals surface area contributed by atoms with Crippen molar-refractivity contribution >= 4 is 5.91 Å². The van der Waals surface area contributed by atoms with Gasteiger partial charge in [0.15, 0.2) is 11.6 Å². The van der Waals surface area contributed by atoms with Crippen molar-refractivity contribution < 1.29 is 18.7 Å². The zero-order chi connectivity index (χ0) is 11.4. The van der Waals surface area contributed by atoms with Crippen molar-refractivity contribution in [3.63, 3.8) is 0 Å². The Hall–Kier alpha value is -1.49. The summed E-state index contributed by atoms with van der Waals surface area (Å²) in [7, 11) is 0. The van der Waals surface area contributed by atoms with Gasteiger partial charge in [0.2, 0.25) is 0 Å². The second kappa shape index (κ2) is 4.84. The van der Waals surface area contributed by atoms with Crippen LogP contribution in [0, 0.1) is 11.6 Å². The summed E-state index contributed by atoms with van der Waals surface area (Å²) in [5, 5.41) is 11.1. The van der Waals surface area contributed by atoms with Crippen molar-refractivity contribution in [1.29, 1.82) is 0 Å². The van der Waals surface area contributed by atoms with Gasteiger partial charge < -0.3 is 10.4 Å². The summed E-state index contributed by atoms with van der Waals surface area (Å²) < 4.78 is 25.3. The van der Waals surface area contributed by atoms with Crippen LogP contribution >= 0.6 is 0 Å². The number of halogens is 2. The first-order valence-electron chi connectivity index (χ1n) is 4.41. The number of hydrogen-bond donors (Lipinski definition) is 2. The third-order valence-corrected chi connectivity index (χ3v) is 1.83. The standard InChI is InChI=1S/C10H11F2NO2/c1-6(5-14)13-10(15)7-2-3-8(11)9(12)4-7/h2-4,6,14H,5H2,1H3,(H,13,15)/t6-/m1/s1. The quantitative estimate of drug-likeness (QED) is 0.792. The van der Waals surface area contributed by atoms with Crippen LogP contribution in [0.25, 0.3) is 0 Å². The van der Waals surface area contributed by atoms with Crippen LogP contribution in [0.3, 0.4) is 0 Å². The van der Waals surface area contributed by atoms with Gasteiger partial charge in [-0.05, 0) is 25.1 Å². The first kappa shape index (κ1) is 11.6. The second-order valence-corrected chi connectivity index (χ2v) is 3.19. The summed E-state index contributed by atoms with van der Waals surface area (Å²) in [5.74, 6) is -2.61. The van der Waals surface area contributed by atoms with E-state index in [0.29, 0.717) is 0 Å². The fraction of sp³-hybridized carbons (Fsp3) is 0.300. The van der Waals surface area contributed by atoms with Crippen molar-refractivity contribution in [3.8, 4) is 0 Å². The Morgan fingerprint density at radius 1 is 1.47 bits per heavy atom. The van der Waals surface area contributed by atoms with Crippen molar-refractivity contribution in [2.45, 2.75) is 13.0 Å². The van der Waals surface area contributed by atoms with Crippen LogP contribution in [0.4, 0.5) is 8.78 Å². The highest BCUT2D eigenvalue weighted by molar-refractivity contribution is 5.94. The molecule has 0 unspecified atom stereocenters. The summed E-state index contributed by atoms with van der Waals surface area (Å²) in [6.07, 6.45) is 0. The SMILES string of the molecule is C[C@H](CO)NC(=O)c1ccc(F)c(F)c1. The maximum Gasteiger partial charge on any atom is 0.251 e. The van der Waals surface area contributed by atoms with Crippen LogP contribution < -0.4 is 5.32 Å². The summed E-state index contributed by atoms with van der Waals surface area (Å²) in [5.41, 5.74) is 0.0224. The number of carbonyl (C=O) groups excluding carboxylic acids is 1. The molecule has 0 aliphatic heterocycles. The first-order chi connectivity index (χ1) is 7.04. The lowest BCUT2D eigenvalue weighted by Crippen LogP contribution is -2.35. The lowest BCUT2D eigenvalue weighted by atomic mass is 10.2. The van der Waals surface area contributed by atoms with Crippen molar-refractivity contribution in [2.24, 2.45) is 0 Å². The predicted molar refractivity (Wildman–Crippen MR) is 50.4 cm³/mol. The molecule has 1 atom stereocenters. The lowest BCUT2D eigenvalue weighted by molar-refractivity contribution is 0.0921. The fourth-order valence-corrected chi connectivity index (χ4v) is 0.990. The van der Waals surface area contributed by atoms with Gasteiger partial charge in [-0.3, -0.25) is 4.79 Å². The molecule has 3 nitrogen and oxygen atoms in total. The van der Waals surface area contributed by atoms with Gasteiger partial charge in [0.1, 0.15) is 0 Å². The highest BCUT2D eigenvalue weighted by atomic mass is 19.2. The molecule has 0 aliphatic rings. The summed E-state index contributed by atoms with van der Waals surface area (Å²) in [6, 6.07) is 2.45. The van der Waals surface area contributed by atoms with E-state index in [-0.39, 0.29) is 12.2 Å². The fourth-order valence-electron chi connectivity index (χ4n) is 0.990. The van der Waals surface area contributed by atoms with Crippen LogP contribution in [-0.4, -0.2) is 23.7 Å². The topological polar surface area (TPSA) is 49.3 Å². The molecule has 0 aromatic heterocycles. The minimum absolute atomic E-state index is 0.0224. The molecule has 1 rings (SSSR count). The summed E-state index contributed by atoms with van der Waals surface area (Å²) in [6.45, 7) is 1.38. The molecule has 0 fully saturated rings. The van der Waals surface area contributed by atoms with Gasteiger partial charge in [-0.1, -0.05) is 0 Å². The van der Waals surface area contributed by atoms with Crippen LogP contribution in [0.1, 0.15) is 17.3 Å². The van der Waals surface area contributed by atoms with E-state index >= 15 is 0 Å². The van der Waals surface area contributed by atoms with Gasteiger partial charge in [-0.25, -0.2) is 8.78 Å². The summed E-state index contributed by atoms with van der Waals surface area (Å²) in [4.78, 5) is 11.4. The van der Waals surface area contributed by atoms with E-state index in [0.717, 1.165) is 12.1 Å².